The Labute approximate surface area is 92.3 Å². The van der Waals surface area contributed by atoms with Crippen molar-refractivity contribution in [1.82, 2.24) is 5.32 Å². The van der Waals surface area contributed by atoms with E-state index in [4.69, 9.17) is 0 Å². The van der Waals surface area contributed by atoms with Gasteiger partial charge in [-0.05, 0) is 31.2 Å². The maximum atomic E-state index is 13.5. The van der Waals surface area contributed by atoms with E-state index in [2.05, 4.69) is 5.32 Å². The molecule has 1 nitrogen and oxygen atoms in total. The van der Waals surface area contributed by atoms with Crippen LogP contribution in [0.5, 0.6) is 0 Å². The van der Waals surface area contributed by atoms with Crippen LogP contribution in [0, 0.1) is 11.6 Å². The van der Waals surface area contributed by atoms with Gasteiger partial charge in [0.2, 0.25) is 0 Å². The highest BCUT2D eigenvalue weighted by Gasteiger charge is 2.18. The summed E-state index contributed by atoms with van der Waals surface area (Å²) in [4.78, 5) is 0. The van der Waals surface area contributed by atoms with E-state index in [9.17, 15) is 8.78 Å². The molecule has 1 fully saturated rings. The number of nitrogens with one attached hydrogen (secondary N) is 1. The van der Waals surface area contributed by atoms with Crippen LogP contribution in [-0.4, -0.2) is 18.8 Å². The monoisotopic (exact) mass is 229 g/mol. The molecule has 4 heteroatoms. The smallest absolute Gasteiger partial charge is 0.127 e. The van der Waals surface area contributed by atoms with Gasteiger partial charge in [0.15, 0.2) is 0 Å². The first-order chi connectivity index (χ1) is 7.27. The van der Waals surface area contributed by atoms with Gasteiger partial charge in [-0.15, -0.1) is 0 Å². The van der Waals surface area contributed by atoms with Crippen LogP contribution in [0.2, 0.25) is 0 Å². The summed E-state index contributed by atoms with van der Waals surface area (Å²) in [6.45, 7) is 1.81. The van der Waals surface area contributed by atoms with Gasteiger partial charge in [0.05, 0.1) is 0 Å². The summed E-state index contributed by atoms with van der Waals surface area (Å²) in [6.07, 6.45) is 0.852. The van der Waals surface area contributed by atoms with Gasteiger partial charge in [-0.3, -0.25) is 0 Å². The van der Waals surface area contributed by atoms with E-state index in [0.717, 1.165) is 25.3 Å². The third-order valence-electron chi connectivity index (χ3n) is 2.49. The Bertz CT molecular complexity index is 335. The molecule has 0 amide bonds. The molecule has 0 radical (unpaired) electrons. The molecule has 1 atom stereocenters. The van der Waals surface area contributed by atoms with Gasteiger partial charge in [-0.1, -0.05) is 0 Å². The molecule has 1 aromatic carbocycles. The first-order valence-corrected chi connectivity index (χ1v) is 6.09. The maximum Gasteiger partial charge on any atom is 0.127 e. The van der Waals surface area contributed by atoms with E-state index in [1.807, 2.05) is 0 Å². The molecule has 15 heavy (non-hydrogen) atoms. The molecule has 0 saturated carbocycles. The van der Waals surface area contributed by atoms with Crippen molar-refractivity contribution in [3.8, 4) is 0 Å². The van der Waals surface area contributed by atoms with Gasteiger partial charge < -0.3 is 5.32 Å². The standard InChI is InChI=1S/C11H13F2NS/c12-8-1-2-10(13)9(7-8)11-3-4-14-5-6-15-11/h1-2,7,11,14H,3-6H2/t11-/m1/s1. The van der Waals surface area contributed by atoms with Crippen LogP contribution in [0.25, 0.3) is 0 Å². The largest absolute Gasteiger partial charge is 0.316 e. The lowest BCUT2D eigenvalue weighted by atomic mass is 10.1. The highest BCUT2D eigenvalue weighted by molar-refractivity contribution is 7.99. The van der Waals surface area contributed by atoms with Gasteiger partial charge in [0, 0.05) is 23.1 Å². The third-order valence-corrected chi connectivity index (χ3v) is 3.82. The number of hydrogen-bond acceptors (Lipinski definition) is 2. The van der Waals surface area contributed by atoms with E-state index in [1.54, 1.807) is 11.8 Å². The summed E-state index contributed by atoms with van der Waals surface area (Å²) in [6, 6.07) is 3.69. The SMILES string of the molecule is Fc1ccc(F)c([C@H]2CCNCCS2)c1. The van der Waals surface area contributed by atoms with Crippen LogP contribution in [0.3, 0.4) is 0 Å². The van der Waals surface area contributed by atoms with Crippen molar-refractivity contribution in [3.05, 3.63) is 35.4 Å². The second-order valence-electron chi connectivity index (χ2n) is 3.56. The molecular weight excluding hydrogens is 216 g/mol. The number of halogens is 2. The van der Waals surface area contributed by atoms with Crippen molar-refractivity contribution in [2.75, 3.05) is 18.8 Å². The first kappa shape index (κ1) is 10.9. The lowest BCUT2D eigenvalue weighted by Gasteiger charge is -2.14. The predicted molar refractivity (Wildman–Crippen MR) is 59.0 cm³/mol. The highest BCUT2D eigenvalue weighted by atomic mass is 32.2. The van der Waals surface area contributed by atoms with Crippen LogP contribution in [0.1, 0.15) is 17.2 Å². The van der Waals surface area contributed by atoms with Gasteiger partial charge in [0.25, 0.3) is 0 Å². The molecule has 0 unspecified atom stereocenters. The van der Waals surface area contributed by atoms with E-state index < -0.39 is 0 Å². The van der Waals surface area contributed by atoms with Crippen molar-refractivity contribution in [2.24, 2.45) is 0 Å². The minimum atomic E-state index is -0.357. The van der Waals surface area contributed by atoms with Crippen LogP contribution in [0.15, 0.2) is 18.2 Å². The molecule has 82 valence electrons. The minimum Gasteiger partial charge on any atom is -0.316 e. The molecule has 1 aromatic rings. The molecule has 0 aliphatic carbocycles. The fraction of sp³-hybridized carbons (Fsp3) is 0.455. The van der Waals surface area contributed by atoms with Crippen molar-refractivity contribution < 1.29 is 8.78 Å². The van der Waals surface area contributed by atoms with Crippen molar-refractivity contribution in [1.29, 1.82) is 0 Å². The summed E-state index contributed by atoms with van der Waals surface area (Å²) < 4.78 is 26.5. The molecule has 0 aromatic heterocycles. The zero-order chi connectivity index (χ0) is 10.7. The average molecular weight is 229 g/mol. The van der Waals surface area contributed by atoms with Gasteiger partial charge in [-0.2, -0.15) is 11.8 Å². The summed E-state index contributed by atoms with van der Waals surface area (Å²) in [7, 11) is 0. The summed E-state index contributed by atoms with van der Waals surface area (Å²) >= 11 is 1.69. The second-order valence-corrected chi connectivity index (χ2v) is 4.87. The fourth-order valence-corrected chi connectivity index (χ4v) is 2.91. The molecule has 1 saturated heterocycles. The van der Waals surface area contributed by atoms with Crippen LogP contribution in [-0.2, 0) is 0 Å². The summed E-state index contributed by atoms with van der Waals surface area (Å²) in [5, 5.41) is 3.32. The summed E-state index contributed by atoms with van der Waals surface area (Å²) in [5.74, 6) is 0.292. The molecular formula is C11H13F2NS. The van der Waals surface area contributed by atoms with E-state index >= 15 is 0 Å². The maximum absolute atomic E-state index is 13.5. The highest BCUT2D eigenvalue weighted by Crippen LogP contribution is 2.34. The van der Waals surface area contributed by atoms with Crippen molar-refractivity contribution >= 4 is 11.8 Å². The van der Waals surface area contributed by atoms with Crippen molar-refractivity contribution in [2.45, 2.75) is 11.7 Å². The van der Waals surface area contributed by atoms with E-state index in [0.29, 0.717) is 5.56 Å². The quantitative estimate of drug-likeness (QED) is 0.794. The molecule has 1 aliphatic heterocycles. The Morgan fingerprint density at radius 1 is 1.27 bits per heavy atom. The summed E-state index contributed by atoms with van der Waals surface area (Å²) in [5.41, 5.74) is 0.503. The number of rotatable bonds is 1. The molecule has 0 bridgehead atoms. The Morgan fingerprint density at radius 3 is 3.00 bits per heavy atom. The van der Waals surface area contributed by atoms with E-state index in [1.165, 1.54) is 18.2 Å². The third kappa shape index (κ3) is 2.69. The lowest BCUT2D eigenvalue weighted by Crippen LogP contribution is -2.15. The topological polar surface area (TPSA) is 12.0 Å². The zero-order valence-electron chi connectivity index (χ0n) is 8.30. The second kappa shape index (κ2) is 4.94. The van der Waals surface area contributed by atoms with Crippen molar-refractivity contribution in [3.63, 3.8) is 0 Å². The van der Waals surface area contributed by atoms with Gasteiger partial charge >= 0.3 is 0 Å². The van der Waals surface area contributed by atoms with E-state index in [-0.39, 0.29) is 16.9 Å². The molecule has 0 spiro atoms. The first-order valence-electron chi connectivity index (χ1n) is 5.04. The van der Waals surface area contributed by atoms with Crippen LogP contribution in [0.4, 0.5) is 8.78 Å². The van der Waals surface area contributed by atoms with Crippen LogP contribution < -0.4 is 5.32 Å². The Kier molecular flexibility index (Phi) is 3.59. The number of benzene rings is 1. The number of thioether (sulfide) groups is 1. The Morgan fingerprint density at radius 2 is 2.13 bits per heavy atom. The molecule has 2 rings (SSSR count). The molecule has 1 N–H and O–H groups in total. The predicted octanol–water partition coefficient (Wildman–Crippen LogP) is 2.73. The van der Waals surface area contributed by atoms with Gasteiger partial charge in [0.1, 0.15) is 11.6 Å². The number of hydrogen-bond donors (Lipinski definition) is 1. The Hall–Kier alpha value is -0.610. The Balaban J connectivity index is 2.22. The zero-order valence-corrected chi connectivity index (χ0v) is 9.12. The fourth-order valence-electron chi connectivity index (χ4n) is 1.72. The van der Waals surface area contributed by atoms with Gasteiger partial charge in [-0.25, -0.2) is 8.78 Å². The normalized spacial score (nSPS) is 22.4. The average Bonchev–Trinajstić information content (AvgIpc) is 2.50. The molecule has 1 aliphatic rings. The lowest BCUT2D eigenvalue weighted by molar-refractivity contribution is 0.576. The molecule has 1 heterocycles. The minimum absolute atomic E-state index is 0.0794. The van der Waals surface area contributed by atoms with Crippen LogP contribution >= 0.6 is 11.8 Å².